The molecule has 33 heavy (non-hydrogen) atoms. The van der Waals surface area contributed by atoms with Crippen molar-refractivity contribution in [2.45, 2.75) is 24.0 Å². The molecule has 1 fully saturated rings. The quantitative estimate of drug-likeness (QED) is 0.551. The third kappa shape index (κ3) is 5.81. The van der Waals surface area contributed by atoms with Crippen LogP contribution in [0.3, 0.4) is 0 Å². The maximum atomic E-state index is 15.0. The lowest BCUT2D eigenvalue weighted by atomic mass is 10.1. The number of ether oxygens (including phenoxy) is 2. The average molecular weight is 476 g/mol. The Kier molecular flexibility index (Phi) is 7.15. The summed E-state index contributed by atoms with van der Waals surface area (Å²) >= 11 is 0. The minimum absolute atomic E-state index is 0.0541. The Morgan fingerprint density at radius 2 is 2.03 bits per heavy atom. The fourth-order valence-corrected chi connectivity index (χ4v) is 4.23. The summed E-state index contributed by atoms with van der Waals surface area (Å²) in [6, 6.07) is 13.2. The van der Waals surface area contributed by atoms with Crippen molar-refractivity contribution in [1.29, 1.82) is 0 Å². The summed E-state index contributed by atoms with van der Waals surface area (Å²) in [7, 11) is -2.37. The number of nitrogens with two attached hydrogens (primary N) is 1. The second-order valence-corrected chi connectivity index (χ2v) is 9.41. The number of methoxy groups -OCH3 is 1. The maximum absolute atomic E-state index is 15.0. The van der Waals surface area contributed by atoms with Crippen molar-refractivity contribution < 1.29 is 22.3 Å². The van der Waals surface area contributed by atoms with Crippen LogP contribution in [0.4, 0.5) is 4.39 Å². The first-order chi connectivity index (χ1) is 15.8. The van der Waals surface area contributed by atoms with Gasteiger partial charge in [-0.3, -0.25) is 4.90 Å². The van der Waals surface area contributed by atoms with E-state index in [0.717, 1.165) is 11.6 Å². The fraction of sp³-hybridized carbons (Fsp3) is 0.364. The van der Waals surface area contributed by atoms with Gasteiger partial charge in [0.1, 0.15) is 17.3 Å². The normalized spacial score (nSPS) is 17.7. The van der Waals surface area contributed by atoms with Gasteiger partial charge < -0.3 is 9.47 Å². The van der Waals surface area contributed by atoms with Crippen LogP contribution < -0.4 is 5.14 Å². The highest BCUT2D eigenvalue weighted by molar-refractivity contribution is 7.89. The summed E-state index contributed by atoms with van der Waals surface area (Å²) < 4.78 is 50.6. The molecule has 2 N–H and O–H groups in total. The second kappa shape index (κ2) is 10.1. The molecule has 3 aromatic rings. The molecule has 0 aliphatic carbocycles. The van der Waals surface area contributed by atoms with Gasteiger partial charge in [-0.05, 0) is 23.8 Å². The van der Waals surface area contributed by atoms with Crippen LogP contribution in [0.5, 0.6) is 0 Å². The highest BCUT2D eigenvalue weighted by Gasteiger charge is 2.22. The molecule has 0 bridgehead atoms. The number of sulfonamides is 1. The van der Waals surface area contributed by atoms with E-state index in [1.807, 2.05) is 30.3 Å². The molecule has 1 aromatic heterocycles. The molecule has 1 atom stereocenters. The first-order valence-electron chi connectivity index (χ1n) is 10.5. The minimum atomic E-state index is -4.02. The van der Waals surface area contributed by atoms with Crippen molar-refractivity contribution >= 4 is 10.0 Å². The van der Waals surface area contributed by atoms with Crippen LogP contribution in [-0.2, 0) is 32.5 Å². The van der Waals surface area contributed by atoms with Gasteiger partial charge in [-0.25, -0.2) is 27.6 Å². The van der Waals surface area contributed by atoms with E-state index in [1.165, 1.54) is 16.8 Å². The number of benzene rings is 2. The Bertz CT molecular complexity index is 1200. The standard InChI is InChI=1S/C22H26FN5O4S/c1-31-17-13-27(9-10-32-15-17)14-21-25-22(11-16-5-3-2-4-6-16)28(26-21)20-8-7-18(12-19(20)23)33(24,29)30/h2-8,12,17H,9-11,13-15H2,1H3,(H2,24,29,30). The lowest BCUT2D eigenvalue weighted by molar-refractivity contribution is 0.0224. The molecule has 9 nitrogen and oxygen atoms in total. The van der Waals surface area contributed by atoms with E-state index in [1.54, 1.807) is 7.11 Å². The number of rotatable bonds is 7. The molecule has 1 aliphatic rings. The molecule has 1 saturated heterocycles. The van der Waals surface area contributed by atoms with E-state index in [9.17, 15) is 12.8 Å². The summed E-state index contributed by atoms with van der Waals surface area (Å²) in [4.78, 5) is 6.52. The van der Waals surface area contributed by atoms with Crippen LogP contribution in [0.1, 0.15) is 17.2 Å². The first-order valence-corrected chi connectivity index (χ1v) is 12.0. The lowest BCUT2D eigenvalue weighted by Crippen LogP contribution is -2.33. The molecule has 1 aliphatic heterocycles. The van der Waals surface area contributed by atoms with E-state index in [0.29, 0.717) is 50.9 Å². The van der Waals surface area contributed by atoms with Gasteiger partial charge in [-0.15, -0.1) is 5.10 Å². The number of primary sulfonamides is 1. The SMILES string of the molecule is COC1COCCN(Cc2nc(Cc3ccccc3)n(-c3ccc(S(N)(=O)=O)cc3F)n2)C1. The van der Waals surface area contributed by atoms with Gasteiger partial charge in [0, 0.05) is 26.6 Å². The van der Waals surface area contributed by atoms with Crippen LogP contribution >= 0.6 is 0 Å². The van der Waals surface area contributed by atoms with Crippen molar-refractivity contribution in [3.8, 4) is 5.69 Å². The Labute approximate surface area is 192 Å². The smallest absolute Gasteiger partial charge is 0.238 e. The van der Waals surface area contributed by atoms with Crippen molar-refractivity contribution in [3.05, 3.63) is 71.6 Å². The molecule has 0 saturated carbocycles. The van der Waals surface area contributed by atoms with Crippen LogP contribution in [0.25, 0.3) is 5.69 Å². The molecule has 2 aromatic carbocycles. The number of hydrogen-bond donors (Lipinski definition) is 1. The third-order valence-electron chi connectivity index (χ3n) is 5.41. The van der Waals surface area contributed by atoms with Crippen molar-refractivity contribution in [3.63, 3.8) is 0 Å². The molecule has 11 heteroatoms. The van der Waals surface area contributed by atoms with Gasteiger partial charge in [-0.1, -0.05) is 30.3 Å². The van der Waals surface area contributed by atoms with E-state index in [4.69, 9.17) is 14.6 Å². The molecule has 0 amide bonds. The molecule has 4 rings (SSSR count). The Morgan fingerprint density at radius 3 is 2.73 bits per heavy atom. The number of nitrogens with zero attached hydrogens (tertiary/aromatic N) is 4. The zero-order valence-electron chi connectivity index (χ0n) is 18.2. The van der Waals surface area contributed by atoms with E-state index in [2.05, 4.69) is 15.0 Å². The largest absolute Gasteiger partial charge is 0.378 e. The van der Waals surface area contributed by atoms with Gasteiger partial charge in [-0.2, -0.15) is 0 Å². The zero-order valence-corrected chi connectivity index (χ0v) is 19.0. The van der Waals surface area contributed by atoms with Crippen molar-refractivity contribution in [2.75, 3.05) is 33.4 Å². The zero-order chi connectivity index (χ0) is 23.4. The predicted octanol–water partition coefficient (Wildman–Crippen LogP) is 1.49. The summed E-state index contributed by atoms with van der Waals surface area (Å²) in [5.41, 5.74) is 1.09. The van der Waals surface area contributed by atoms with E-state index < -0.39 is 15.8 Å². The number of aromatic nitrogens is 3. The first kappa shape index (κ1) is 23.5. The highest BCUT2D eigenvalue weighted by atomic mass is 32.2. The third-order valence-corrected chi connectivity index (χ3v) is 6.33. The Hall–Kier alpha value is -2.70. The molecular formula is C22H26FN5O4S. The summed E-state index contributed by atoms with van der Waals surface area (Å²) in [5, 5.41) is 9.70. The van der Waals surface area contributed by atoms with Crippen molar-refractivity contribution in [1.82, 2.24) is 19.7 Å². The summed E-state index contributed by atoms with van der Waals surface area (Å²) in [6.45, 7) is 2.89. The van der Waals surface area contributed by atoms with Crippen LogP contribution in [0.15, 0.2) is 53.4 Å². The Balaban J connectivity index is 1.68. The monoisotopic (exact) mass is 475 g/mol. The van der Waals surface area contributed by atoms with Gasteiger partial charge in [0.2, 0.25) is 10.0 Å². The Morgan fingerprint density at radius 1 is 1.24 bits per heavy atom. The number of hydrogen-bond acceptors (Lipinski definition) is 7. The van der Waals surface area contributed by atoms with Gasteiger partial charge in [0.05, 0.1) is 30.8 Å². The molecule has 0 spiro atoms. The minimum Gasteiger partial charge on any atom is -0.378 e. The molecule has 2 heterocycles. The van der Waals surface area contributed by atoms with Gasteiger partial charge in [0.15, 0.2) is 5.82 Å². The average Bonchev–Trinajstić information content (AvgIpc) is 3.01. The van der Waals surface area contributed by atoms with Crippen LogP contribution in [-0.4, -0.2) is 67.6 Å². The molecule has 176 valence electrons. The highest BCUT2D eigenvalue weighted by Crippen LogP contribution is 2.21. The van der Waals surface area contributed by atoms with E-state index in [-0.39, 0.29) is 16.7 Å². The van der Waals surface area contributed by atoms with Gasteiger partial charge in [0.25, 0.3) is 0 Å². The van der Waals surface area contributed by atoms with Crippen LogP contribution in [0, 0.1) is 5.82 Å². The topological polar surface area (TPSA) is 113 Å². The van der Waals surface area contributed by atoms with Crippen molar-refractivity contribution in [2.24, 2.45) is 5.14 Å². The number of halogens is 1. The summed E-state index contributed by atoms with van der Waals surface area (Å²) in [6.07, 6.45) is 0.371. The molecular weight excluding hydrogens is 449 g/mol. The fourth-order valence-electron chi connectivity index (χ4n) is 3.71. The predicted molar refractivity (Wildman–Crippen MR) is 119 cm³/mol. The van der Waals surface area contributed by atoms with Crippen LogP contribution in [0.2, 0.25) is 0 Å². The maximum Gasteiger partial charge on any atom is 0.238 e. The molecule has 1 unspecified atom stereocenters. The summed E-state index contributed by atoms with van der Waals surface area (Å²) in [5.74, 6) is 0.301. The van der Waals surface area contributed by atoms with E-state index >= 15 is 0 Å². The molecule has 0 radical (unpaired) electrons. The second-order valence-electron chi connectivity index (χ2n) is 7.84. The van der Waals surface area contributed by atoms with Gasteiger partial charge >= 0.3 is 0 Å². The lowest BCUT2D eigenvalue weighted by Gasteiger charge is -2.20.